The smallest absolute Gasteiger partial charge is 0.0468 e. The average Bonchev–Trinajstić information content (AvgIpc) is 2.17. The molecule has 2 nitrogen and oxygen atoms in total. The summed E-state index contributed by atoms with van der Waals surface area (Å²) in [6.07, 6.45) is 5.14. The molecule has 0 bridgehead atoms. The van der Waals surface area contributed by atoms with Crippen LogP contribution in [0.1, 0.15) is 39.5 Å². The zero-order chi connectivity index (χ0) is 9.73. The van der Waals surface area contributed by atoms with E-state index in [1.807, 2.05) is 7.05 Å². The summed E-state index contributed by atoms with van der Waals surface area (Å²) in [4.78, 5) is 0. The molecule has 0 aromatic heterocycles. The fraction of sp³-hybridized carbons (Fsp3) is 1.00. The van der Waals surface area contributed by atoms with Crippen LogP contribution < -0.4 is 5.32 Å². The number of hydrogen-bond donors (Lipinski definition) is 1. The van der Waals surface area contributed by atoms with Crippen LogP contribution in [0, 0.1) is 5.92 Å². The van der Waals surface area contributed by atoms with Crippen LogP contribution >= 0.6 is 0 Å². The van der Waals surface area contributed by atoms with Gasteiger partial charge in [-0.25, -0.2) is 0 Å². The molecule has 0 amide bonds. The normalized spacial score (nSPS) is 20.5. The molecule has 0 saturated carbocycles. The lowest BCUT2D eigenvalue weighted by Gasteiger charge is -2.28. The lowest BCUT2D eigenvalue weighted by Crippen LogP contribution is -2.36. The quantitative estimate of drug-likeness (QED) is 0.725. The molecule has 1 fully saturated rings. The Labute approximate surface area is 82.0 Å². The van der Waals surface area contributed by atoms with Crippen LogP contribution in [0.25, 0.3) is 0 Å². The zero-order valence-electron chi connectivity index (χ0n) is 9.23. The van der Waals surface area contributed by atoms with Gasteiger partial charge < -0.3 is 10.1 Å². The molecule has 1 N–H and O–H groups in total. The Morgan fingerprint density at radius 3 is 2.46 bits per heavy atom. The fourth-order valence-electron chi connectivity index (χ4n) is 1.73. The third kappa shape index (κ3) is 4.10. The van der Waals surface area contributed by atoms with E-state index in [-0.39, 0.29) is 0 Å². The Morgan fingerprint density at radius 2 is 1.92 bits per heavy atom. The maximum Gasteiger partial charge on any atom is 0.0468 e. The van der Waals surface area contributed by atoms with E-state index in [9.17, 15) is 0 Å². The van der Waals surface area contributed by atoms with Crippen molar-refractivity contribution in [3.63, 3.8) is 0 Å². The van der Waals surface area contributed by atoms with E-state index in [1.165, 1.54) is 25.7 Å². The molecule has 1 saturated heterocycles. The molecular formula is C11H23NO. The Balaban J connectivity index is 2.17. The standard InChI is InChI=1S/C11H23NO/c1-11(2,12-3)7-4-10-5-8-13-9-6-10/h10,12H,4-9H2,1-3H3. The maximum absolute atomic E-state index is 5.34. The van der Waals surface area contributed by atoms with Crippen LogP contribution in [0.5, 0.6) is 0 Å². The van der Waals surface area contributed by atoms with E-state index in [1.54, 1.807) is 0 Å². The molecule has 0 aromatic carbocycles. The summed E-state index contributed by atoms with van der Waals surface area (Å²) in [5.74, 6) is 0.904. The minimum Gasteiger partial charge on any atom is -0.381 e. The van der Waals surface area contributed by atoms with Gasteiger partial charge in [0, 0.05) is 18.8 Å². The van der Waals surface area contributed by atoms with Gasteiger partial charge in [0.15, 0.2) is 0 Å². The maximum atomic E-state index is 5.34. The highest BCUT2D eigenvalue weighted by Crippen LogP contribution is 2.23. The van der Waals surface area contributed by atoms with Gasteiger partial charge in [-0.3, -0.25) is 0 Å². The highest BCUT2D eigenvalue weighted by atomic mass is 16.5. The van der Waals surface area contributed by atoms with E-state index in [2.05, 4.69) is 19.2 Å². The lowest BCUT2D eigenvalue weighted by atomic mass is 9.88. The van der Waals surface area contributed by atoms with Gasteiger partial charge in [0.1, 0.15) is 0 Å². The van der Waals surface area contributed by atoms with Gasteiger partial charge >= 0.3 is 0 Å². The van der Waals surface area contributed by atoms with Crippen LogP contribution in [0.15, 0.2) is 0 Å². The summed E-state index contributed by atoms with van der Waals surface area (Å²) in [7, 11) is 2.05. The van der Waals surface area contributed by atoms with Crippen molar-refractivity contribution in [3.8, 4) is 0 Å². The van der Waals surface area contributed by atoms with Gasteiger partial charge in [-0.05, 0) is 52.5 Å². The summed E-state index contributed by atoms with van der Waals surface area (Å²) >= 11 is 0. The Morgan fingerprint density at radius 1 is 1.31 bits per heavy atom. The first kappa shape index (κ1) is 11.0. The van der Waals surface area contributed by atoms with E-state index in [4.69, 9.17) is 4.74 Å². The average molecular weight is 185 g/mol. The molecule has 0 spiro atoms. The topological polar surface area (TPSA) is 21.3 Å². The second kappa shape index (κ2) is 4.97. The Bertz CT molecular complexity index is 139. The molecule has 2 heteroatoms. The van der Waals surface area contributed by atoms with E-state index in [0.717, 1.165) is 19.1 Å². The van der Waals surface area contributed by atoms with E-state index in [0.29, 0.717) is 5.54 Å². The van der Waals surface area contributed by atoms with Crippen LogP contribution in [0.3, 0.4) is 0 Å². The molecule has 0 aliphatic carbocycles. The van der Waals surface area contributed by atoms with Gasteiger partial charge in [0.25, 0.3) is 0 Å². The summed E-state index contributed by atoms with van der Waals surface area (Å²) in [5, 5.41) is 3.35. The van der Waals surface area contributed by atoms with E-state index >= 15 is 0 Å². The predicted molar refractivity (Wildman–Crippen MR) is 55.9 cm³/mol. The van der Waals surface area contributed by atoms with Crippen molar-refractivity contribution in [1.29, 1.82) is 0 Å². The van der Waals surface area contributed by atoms with Crippen molar-refractivity contribution in [2.24, 2.45) is 5.92 Å². The molecule has 1 heterocycles. The summed E-state index contributed by atoms with van der Waals surface area (Å²) < 4.78 is 5.34. The molecule has 0 unspecified atom stereocenters. The first-order chi connectivity index (χ1) is 6.14. The number of rotatable bonds is 4. The van der Waals surface area contributed by atoms with Crippen LogP contribution in [-0.4, -0.2) is 25.8 Å². The Hall–Kier alpha value is -0.0800. The van der Waals surface area contributed by atoms with Crippen molar-refractivity contribution in [2.75, 3.05) is 20.3 Å². The first-order valence-electron chi connectivity index (χ1n) is 5.41. The summed E-state index contributed by atoms with van der Waals surface area (Å²) in [6, 6.07) is 0. The number of ether oxygens (including phenoxy) is 1. The molecule has 13 heavy (non-hydrogen) atoms. The molecular weight excluding hydrogens is 162 g/mol. The lowest BCUT2D eigenvalue weighted by molar-refractivity contribution is 0.0611. The molecule has 78 valence electrons. The zero-order valence-corrected chi connectivity index (χ0v) is 9.23. The highest BCUT2D eigenvalue weighted by molar-refractivity contribution is 4.77. The SMILES string of the molecule is CNC(C)(C)CCC1CCOCC1. The minimum absolute atomic E-state index is 0.304. The van der Waals surface area contributed by atoms with Gasteiger partial charge in [-0.1, -0.05) is 0 Å². The fourth-order valence-corrected chi connectivity index (χ4v) is 1.73. The van der Waals surface area contributed by atoms with Gasteiger partial charge in [-0.15, -0.1) is 0 Å². The van der Waals surface area contributed by atoms with Crippen molar-refractivity contribution in [2.45, 2.75) is 45.1 Å². The largest absolute Gasteiger partial charge is 0.381 e. The predicted octanol–water partition coefficient (Wildman–Crippen LogP) is 2.19. The number of nitrogens with one attached hydrogen (secondary N) is 1. The molecule has 1 aliphatic heterocycles. The van der Waals surface area contributed by atoms with Crippen LogP contribution in [-0.2, 0) is 4.74 Å². The molecule has 1 aliphatic rings. The minimum atomic E-state index is 0.304. The third-order valence-corrected chi connectivity index (χ3v) is 3.20. The van der Waals surface area contributed by atoms with Crippen LogP contribution in [0.2, 0.25) is 0 Å². The molecule has 0 atom stereocenters. The van der Waals surface area contributed by atoms with Gasteiger partial charge in [0.05, 0.1) is 0 Å². The first-order valence-corrected chi connectivity index (χ1v) is 5.41. The van der Waals surface area contributed by atoms with Crippen molar-refractivity contribution < 1.29 is 4.74 Å². The van der Waals surface area contributed by atoms with Crippen LogP contribution in [0.4, 0.5) is 0 Å². The van der Waals surface area contributed by atoms with Crippen molar-refractivity contribution >= 4 is 0 Å². The second-order valence-electron chi connectivity index (χ2n) is 4.73. The summed E-state index contributed by atoms with van der Waals surface area (Å²) in [5.41, 5.74) is 0.304. The monoisotopic (exact) mass is 185 g/mol. The van der Waals surface area contributed by atoms with E-state index < -0.39 is 0 Å². The second-order valence-corrected chi connectivity index (χ2v) is 4.73. The van der Waals surface area contributed by atoms with Crippen molar-refractivity contribution in [3.05, 3.63) is 0 Å². The molecule has 1 rings (SSSR count). The van der Waals surface area contributed by atoms with Crippen molar-refractivity contribution in [1.82, 2.24) is 5.32 Å². The Kier molecular flexibility index (Phi) is 4.20. The highest BCUT2D eigenvalue weighted by Gasteiger charge is 2.19. The van der Waals surface area contributed by atoms with Gasteiger partial charge in [-0.2, -0.15) is 0 Å². The van der Waals surface area contributed by atoms with Gasteiger partial charge in [0.2, 0.25) is 0 Å². The number of hydrogen-bond acceptors (Lipinski definition) is 2. The molecule has 0 radical (unpaired) electrons. The third-order valence-electron chi connectivity index (χ3n) is 3.20. The summed E-state index contributed by atoms with van der Waals surface area (Å²) in [6.45, 7) is 6.49. The molecule has 0 aromatic rings.